The fourth-order valence-corrected chi connectivity index (χ4v) is 6.49. The number of hydrogen-bond acceptors (Lipinski definition) is 9. The van der Waals surface area contributed by atoms with Crippen LogP contribution in [0.3, 0.4) is 0 Å². The lowest BCUT2D eigenvalue weighted by Gasteiger charge is -2.40. The quantitative estimate of drug-likeness (QED) is 0.0432. The van der Waals surface area contributed by atoms with Gasteiger partial charge in [-0.2, -0.15) is 0 Å². The van der Waals surface area contributed by atoms with Crippen molar-refractivity contribution in [1.29, 1.82) is 0 Å². The monoisotopic (exact) mass is 690 g/mol. The molecule has 1 fully saturated rings. The van der Waals surface area contributed by atoms with Crippen molar-refractivity contribution < 1.29 is 44.9 Å². The van der Waals surface area contributed by atoms with Crippen LogP contribution in [0.15, 0.2) is 0 Å². The van der Waals surface area contributed by atoms with E-state index in [0.29, 0.717) is 6.42 Å². The average molecular weight is 690 g/mol. The molecule has 10 heteroatoms. The SMILES string of the molecule is CCCCCCCCCCCCCC[C@@H](O)[C@@H](O)[C@H](CO[C@@H]1O[C@H](CO)[C@@H](O)C(O)C1O)NC(=O)CCCCCCCCCCCCC. The molecule has 0 aromatic carbocycles. The lowest BCUT2D eigenvalue weighted by molar-refractivity contribution is -0.303. The summed E-state index contributed by atoms with van der Waals surface area (Å²) >= 11 is 0. The van der Waals surface area contributed by atoms with Crippen molar-refractivity contribution in [2.75, 3.05) is 13.2 Å². The second-order valence-corrected chi connectivity index (χ2v) is 14.2. The molecule has 0 radical (unpaired) electrons. The summed E-state index contributed by atoms with van der Waals surface area (Å²) in [6.07, 6.45) is 18.3. The Morgan fingerprint density at radius 2 is 1.08 bits per heavy atom. The van der Waals surface area contributed by atoms with Gasteiger partial charge in [-0.25, -0.2) is 0 Å². The Morgan fingerprint density at radius 1 is 0.646 bits per heavy atom. The Kier molecular flexibility index (Phi) is 28.1. The number of aliphatic hydroxyl groups is 6. The first kappa shape index (κ1) is 45.2. The molecule has 1 rings (SSSR count). The molecule has 0 aromatic rings. The van der Waals surface area contributed by atoms with E-state index in [2.05, 4.69) is 19.2 Å². The van der Waals surface area contributed by atoms with Crippen LogP contribution in [0, 0.1) is 0 Å². The molecule has 2 unspecified atom stereocenters. The summed E-state index contributed by atoms with van der Waals surface area (Å²) in [7, 11) is 0. The zero-order valence-electron chi connectivity index (χ0n) is 30.6. The van der Waals surface area contributed by atoms with E-state index in [1.165, 1.54) is 96.3 Å². The summed E-state index contributed by atoms with van der Waals surface area (Å²) < 4.78 is 11.1. The molecule has 0 spiro atoms. The number of carbonyl (C=O) groups is 1. The van der Waals surface area contributed by atoms with Crippen molar-refractivity contribution in [1.82, 2.24) is 5.32 Å². The Morgan fingerprint density at radius 3 is 1.54 bits per heavy atom. The predicted octanol–water partition coefficient (Wildman–Crippen LogP) is 5.80. The Bertz CT molecular complexity index is 743. The van der Waals surface area contributed by atoms with E-state index in [-0.39, 0.29) is 18.9 Å². The highest BCUT2D eigenvalue weighted by atomic mass is 16.7. The van der Waals surface area contributed by atoms with Crippen LogP contribution in [0.5, 0.6) is 0 Å². The van der Waals surface area contributed by atoms with E-state index >= 15 is 0 Å². The fraction of sp³-hybridized carbons (Fsp3) is 0.974. The molecule has 1 aliphatic heterocycles. The minimum atomic E-state index is -1.60. The van der Waals surface area contributed by atoms with Crippen LogP contribution in [0.1, 0.15) is 174 Å². The molecule has 1 heterocycles. The summed E-state index contributed by atoms with van der Waals surface area (Å²) in [6, 6.07) is -0.982. The van der Waals surface area contributed by atoms with Crippen LogP contribution < -0.4 is 5.32 Å². The average Bonchev–Trinajstić information content (AvgIpc) is 3.08. The van der Waals surface area contributed by atoms with Crippen LogP contribution in [0.2, 0.25) is 0 Å². The van der Waals surface area contributed by atoms with Gasteiger partial charge in [-0.05, 0) is 12.8 Å². The second-order valence-electron chi connectivity index (χ2n) is 14.2. The van der Waals surface area contributed by atoms with Gasteiger partial charge in [-0.1, -0.05) is 155 Å². The van der Waals surface area contributed by atoms with Gasteiger partial charge >= 0.3 is 0 Å². The first-order valence-electron chi connectivity index (χ1n) is 19.8. The smallest absolute Gasteiger partial charge is 0.220 e. The number of aliphatic hydroxyl groups excluding tert-OH is 6. The van der Waals surface area contributed by atoms with Gasteiger partial charge in [0.1, 0.15) is 30.5 Å². The van der Waals surface area contributed by atoms with Gasteiger partial charge in [0.15, 0.2) is 6.29 Å². The predicted molar refractivity (Wildman–Crippen MR) is 190 cm³/mol. The summed E-state index contributed by atoms with van der Waals surface area (Å²) in [5.41, 5.74) is 0. The second kappa shape index (κ2) is 29.8. The molecule has 48 heavy (non-hydrogen) atoms. The maximum Gasteiger partial charge on any atom is 0.220 e. The van der Waals surface area contributed by atoms with Crippen LogP contribution in [-0.2, 0) is 14.3 Å². The van der Waals surface area contributed by atoms with Crippen molar-refractivity contribution in [3.8, 4) is 0 Å². The third-order valence-corrected chi connectivity index (χ3v) is 9.80. The lowest BCUT2D eigenvalue weighted by Crippen LogP contribution is -2.60. The molecule has 1 saturated heterocycles. The molecule has 1 aliphatic rings. The van der Waals surface area contributed by atoms with Gasteiger partial charge in [-0.15, -0.1) is 0 Å². The van der Waals surface area contributed by atoms with Crippen molar-refractivity contribution in [2.45, 2.75) is 223 Å². The van der Waals surface area contributed by atoms with Gasteiger partial charge < -0.3 is 45.4 Å². The van der Waals surface area contributed by atoms with Gasteiger partial charge in [0.05, 0.1) is 25.4 Å². The summed E-state index contributed by atoms with van der Waals surface area (Å²) in [6.45, 7) is 3.57. The third-order valence-electron chi connectivity index (χ3n) is 9.80. The minimum Gasteiger partial charge on any atom is -0.394 e. The maximum absolute atomic E-state index is 12.9. The molecule has 0 aliphatic carbocycles. The van der Waals surface area contributed by atoms with Gasteiger partial charge in [-0.3, -0.25) is 4.79 Å². The van der Waals surface area contributed by atoms with E-state index in [0.717, 1.165) is 51.4 Å². The van der Waals surface area contributed by atoms with Crippen molar-refractivity contribution in [2.24, 2.45) is 0 Å². The summed E-state index contributed by atoms with van der Waals surface area (Å²) in [4.78, 5) is 12.9. The van der Waals surface area contributed by atoms with Gasteiger partial charge in [0, 0.05) is 6.42 Å². The number of nitrogens with one attached hydrogen (secondary N) is 1. The topological polar surface area (TPSA) is 169 Å². The highest BCUT2D eigenvalue weighted by Crippen LogP contribution is 2.23. The molecular weight excluding hydrogens is 614 g/mol. The third kappa shape index (κ3) is 20.7. The lowest BCUT2D eigenvalue weighted by atomic mass is 9.98. The zero-order chi connectivity index (χ0) is 35.4. The highest BCUT2D eigenvalue weighted by molar-refractivity contribution is 5.76. The number of hydrogen-bond donors (Lipinski definition) is 7. The van der Waals surface area contributed by atoms with Gasteiger partial charge in [0.2, 0.25) is 5.91 Å². The maximum atomic E-state index is 12.9. The highest BCUT2D eigenvalue weighted by Gasteiger charge is 2.44. The Balaban J connectivity index is 2.49. The number of ether oxygens (including phenoxy) is 2. The number of amides is 1. The molecule has 8 atom stereocenters. The van der Waals surface area contributed by atoms with Gasteiger partial charge in [0.25, 0.3) is 0 Å². The molecular formula is C38H75NO9. The Labute approximate surface area is 292 Å². The van der Waals surface area contributed by atoms with Crippen molar-refractivity contribution >= 4 is 5.91 Å². The van der Waals surface area contributed by atoms with E-state index in [1.54, 1.807) is 0 Å². The zero-order valence-corrected chi connectivity index (χ0v) is 30.6. The van der Waals surface area contributed by atoms with Crippen LogP contribution >= 0.6 is 0 Å². The molecule has 0 aromatic heterocycles. The Hall–Kier alpha value is -0.850. The fourth-order valence-electron chi connectivity index (χ4n) is 6.49. The van der Waals surface area contributed by atoms with E-state index < -0.39 is 55.6 Å². The normalized spacial score (nSPS) is 23.2. The van der Waals surface area contributed by atoms with E-state index in [1.807, 2.05) is 0 Å². The van der Waals surface area contributed by atoms with Crippen molar-refractivity contribution in [3.05, 3.63) is 0 Å². The molecule has 10 nitrogen and oxygen atoms in total. The van der Waals surface area contributed by atoms with Crippen LogP contribution in [0.25, 0.3) is 0 Å². The molecule has 286 valence electrons. The number of carbonyl (C=O) groups excluding carboxylic acids is 1. The number of rotatable bonds is 32. The minimum absolute atomic E-state index is 0.259. The van der Waals surface area contributed by atoms with Crippen molar-refractivity contribution in [3.63, 3.8) is 0 Å². The van der Waals surface area contributed by atoms with E-state index in [9.17, 15) is 35.4 Å². The van der Waals surface area contributed by atoms with E-state index in [4.69, 9.17) is 9.47 Å². The van der Waals surface area contributed by atoms with Crippen LogP contribution in [-0.4, -0.2) is 98.7 Å². The summed E-state index contributed by atoms with van der Waals surface area (Å²) in [5, 5.41) is 64.8. The molecule has 0 saturated carbocycles. The molecule has 0 bridgehead atoms. The largest absolute Gasteiger partial charge is 0.394 e. The van der Waals surface area contributed by atoms with Crippen LogP contribution in [0.4, 0.5) is 0 Å². The first-order chi connectivity index (χ1) is 23.3. The molecule has 1 amide bonds. The first-order valence-corrected chi connectivity index (χ1v) is 19.8. The molecule has 7 N–H and O–H groups in total. The number of unbranched alkanes of at least 4 members (excludes halogenated alkanes) is 21. The standard InChI is InChI=1S/C38H75NO9/c1-3-5-7-9-11-13-15-17-18-20-22-24-26-31(41)34(43)30(29-47-38-37(46)36(45)35(44)32(28-40)48-38)39-33(42)27-25-23-21-19-16-14-12-10-8-6-4-2/h30-32,34-38,40-41,43-46H,3-29H2,1-2H3,(H,39,42)/t30-,31+,32+,34-,35+,36?,37?,38+/m0/s1. The summed E-state index contributed by atoms with van der Waals surface area (Å²) in [5.74, 6) is -0.259.